The summed E-state index contributed by atoms with van der Waals surface area (Å²) >= 11 is 1.46. The maximum atomic E-state index is 12.9. The van der Waals surface area contributed by atoms with E-state index < -0.39 is 17.7 Å². The molecule has 8 nitrogen and oxygen atoms in total. The van der Waals surface area contributed by atoms with Crippen molar-refractivity contribution in [3.63, 3.8) is 0 Å². The molecule has 0 saturated carbocycles. The van der Waals surface area contributed by atoms with Gasteiger partial charge in [0.15, 0.2) is 0 Å². The molecule has 2 N–H and O–H groups in total. The zero-order chi connectivity index (χ0) is 20.5. The highest BCUT2D eigenvalue weighted by molar-refractivity contribution is 7.10. The van der Waals surface area contributed by atoms with Crippen molar-refractivity contribution in [1.82, 2.24) is 24.6 Å². The molecule has 9 heteroatoms. The Kier molecular flexibility index (Phi) is 5.06. The second kappa shape index (κ2) is 7.67. The first-order valence-electron chi connectivity index (χ1n) is 9.28. The number of carbonyl (C=O) groups excluding carboxylic acids is 2. The maximum absolute atomic E-state index is 12.9. The number of amides is 1. The number of aliphatic hydroxyl groups excluding tert-OH is 1. The van der Waals surface area contributed by atoms with Crippen LogP contribution < -0.4 is 0 Å². The van der Waals surface area contributed by atoms with Crippen LogP contribution in [-0.4, -0.2) is 48.0 Å². The summed E-state index contributed by atoms with van der Waals surface area (Å²) in [6.07, 6.45) is 5.94. The van der Waals surface area contributed by atoms with E-state index in [0.29, 0.717) is 36.5 Å². The molecule has 1 amide bonds. The molecule has 1 atom stereocenters. The van der Waals surface area contributed by atoms with E-state index in [1.54, 1.807) is 31.3 Å². The van der Waals surface area contributed by atoms with Gasteiger partial charge in [0.05, 0.1) is 29.2 Å². The standard InChI is InChI=1S/C20H21N5O3S/c1-12-15(13(2)23-22-12)18(26)16-17(14-5-3-10-29-14)25(20(28)19(16)27)8-4-7-24-9-6-21-11-24/h3,5-6,9-11,17,26H,4,7-8H2,1-2H3,(H,22,23). The van der Waals surface area contributed by atoms with Gasteiger partial charge in [0.2, 0.25) is 0 Å². The molecule has 4 heterocycles. The molecule has 1 fully saturated rings. The van der Waals surface area contributed by atoms with E-state index >= 15 is 0 Å². The van der Waals surface area contributed by atoms with Crippen LogP contribution in [0.15, 0.2) is 41.8 Å². The molecule has 4 rings (SSSR count). The molecule has 150 valence electrons. The molecule has 0 aromatic carbocycles. The Morgan fingerprint density at radius 1 is 1.31 bits per heavy atom. The number of aromatic amines is 1. The molecule has 3 aromatic heterocycles. The van der Waals surface area contributed by atoms with Crippen LogP contribution in [0.3, 0.4) is 0 Å². The summed E-state index contributed by atoms with van der Waals surface area (Å²) in [6, 6.07) is 3.15. The van der Waals surface area contributed by atoms with Crippen molar-refractivity contribution in [2.75, 3.05) is 6.54 Å². The van der Waals surface area contributed by atoms with Gasteiger partial charge in [-0.2, -0.15) is 5.10 Å². The molecule has 0 spiro atoms. The van der Waals surface area contributed by atoms with Crippen molar-refractivity contribution in [3.05, 3.63) is 63.6 Å². The third-order valence-corrected chi connectivity index (χ3v) is 6.02. The van der Waals surface area contributed by atoms with Gasteiger partial charge in [-0.05, 0) is 31.7 Å². The minimum atomic E-state index is -0.663. The van der Waals surface area contributed by atoms with Gasteiger partial charge in [-0.3, -0.25) is 14.7 Å². The Morgan fingerprint density at radius 2 is 2.14 bits per heavy atom. The topological polar surface area (TPSA) is 104 Å². The summed E-state index contributed by atoms with van der Waals surface area (Å²) < 4.78 is 1.93. The average Bonchev–Trinajstić information content (AvgIpc) is 3.47. The number of imidazole rings is 1. The van der Waals surface area contributed by atoms with Crippen LogP contribution in [0.4, 0.5) is 0 Å². The number of H-pyrrole nitrogens is 1. The number of Topliss-reactive ketones (excluding diaryl/α,β-unsaturated/α-hetero) is 1. The summed E-state index contributed by atoms with van der Waals surface area (Å²) in [5, 5.41) is 19.9. The zero-order valence-corrected chi connectivity index (χ0v) is 16.9. The fraction of sp³-hybridized carbons (Fsp3) is 0.300. The van der Waals surface area contributed by atoms with E-state index in [9.17, 15) is 14.7 Å². The number of nitrogens with one attached hydrogen (secondary N) is 1. The fourth-order valence-corrected chi connectivity index (χ4v) is 4.58. The van der Waals surface area contributed by atoms with Crippen molar-refractivity contribution >= 4 is 28.8 Å². The highest BCUT2D eigenvalue weighted by Crippen LogP contribution is 2.41. The zero-order valence-electron chi connectivity index (χ0n) is 16.1. The van der Waals surface area contributed by atoms with Crippen LogP contribution in [0.5, 0.6) is 0 Å². The van der Waals surface area contributed by atoms with Gasteiger partial charge in [-0.15, -0.1) is 11.3 Å². The number of aromatic nitrogens is 4. The molecule has 29 heavy (non-hydrogen) atoms. The van der Waals surface area contributed by atoms with E-state index in [-0.39, 0.29) is 11.3 Å². The van der Waals surface area contributed by atoms with Crippen LogP contribution in [0, 0.1) is 13.8 Å². The van der Waals surface area contributed by atoms with Gasteiger partial charge < -0.3 is 14.6 Å². The summed E-state index contributed by atoms with van der Waals surface area (Å²) in [4.78, 5) is 32.2. The molecule has 1 saturated heterocycles. The van der Waals surface area contributed by atoms with Crippen LogP contribution in [0.1, 0.15) is 34.3 Å². The SMILES string of the molecule is Cc1n[nH]c(C)c1C(O)=C1C(=O)C(=O)N(CCCn2ccnc2)C1c1cccs1. The minimum Gasteiger partial charge on any atom is -0.507 e. The summed E-state index contributed by atoms with van der Waals surface area (Å²) in [7, 11) is 0. The quantitative estimate of drug-likeness (QED) is 0.369. The number of likely N-dealkylation sites (tertiary alicyclic amines) is 1. The van der Waals surface area contributed by atoms with Gasteiger partial charge in [0.25, 0.3) is 11.7 Å². The number of carbonyl (C=O) groups is 2. The number of hydrogen-bond donors (Lipinski definition) is 2. The van der Waals surface area contributed by atoms with Gasteiger partial charge in [0.1, 0.15) is 5.76 Å². The molecule has 0 bridgehead atoms. The highest BCUT2D eigenvalue weighted by Gasteiger charge is 2.46. The molecule has 3 aromatic rings. The first-order chi connectivity index (χ1) is 14.0. The lowest BCUT2D eigenvalue weighted by Crippen LogP contribution is -2.31. The predicted octanol–water partition coefficient (Wildman–Crippen LogP) is 2.80. The van der Waals surface area contributed by atoms with Gasteiger partial charge in [0, 0.05) is 36.1 Å². The second-order valence-electron chi connectivity index (χ2n) is 6.97. The number of rotatable bonds is 6. The Bertz CT molecular complexity index is 1050. The molecule has 1 aliphatic heterocycles. The Hall–Kier alpha value is -3.20. The van der Waals surface area contributed by atoms with E-state index in [2.05, 4.69) is 15.2 Å². The highest BCUT2D eigenvalue weighted by atomic mass is 32.1. The van der Waals surface area contributed by atoms with E-state index in [4.69, 9.17) is 0 Å². The third-order valence-electron chi connectivity index (χ3n) is 5.09. The van der Waals surface area contributed by atoms with Gasteiger partial charge in [-0.25, -0.2) is 4.98 Å². The molecular weight excluding hydrogens is 390 g/mol. The smallest absolute Gasteiger partial charge is 0.295 e. The average molecular weight is 411 g/mol. The number of nitrogens with zero attached hydrogens (tertiary/aromatic N) is 4. The predicted molar refractivity (Wildman–Crippen MR) is 108 cm³/mol. The van der Waals surface area contributed by atoms with Crippen LogP contribution in [-0.2, 0) is 16.1 Å². The van der Waals surface area contributed by atoms with Crippen LogP contribution in [0.25, 0.3) is 5.76 Å². The number of ketones is 1. The maximum Gasteiger partial charge on any atom is 0.295 e. The molecular formula is C20H21N5O3S. The number of aliphatic hydroxyl groups is 1. The number of aryl methyl sites for hydroxylation is 3. The van der Waals surface area contributed by atoms with E-state index in [0.717, 1.165) is 4.88 Å². The molecule has 1 unspecified atom stereocenters. The normalized spacial score (nSPS) is 18.7. The number of thiophene rings is 1. The van der Waals surface area contributed by atoms with E-state index in [1.165, 1.54) is 11.3 Å². The second-order valence-corrected chi connectivity index (χ2v) is 7.95. The van der Waals surface area contributed by atoms with Crippen molar-refractivity contribution < 1.29 is 14.7 Å². The minimum absolute atomic E-state index is 0.118. The summed E-state index contributed by atoms with van der Waals surface area (Å²) in [5.41, 5.74) is 1.82. The van der Waals surface area contributed by atoms with E-state index in [1.807, 2.05) is 28.3 Å². The Morgan fingerprint density at radius 3 is 2.76 bits per heavy atom. The third kappa shape index (κ3) is 3.38. The van der Waals surface area contributed by atoms with Gasteiger partial charge in [-0.1, -0.05) is 6.07 Å². The summed E-state index contributed by atoms with van der Waals surface area (Å²) in [6.45, 7) is 4.60. The summed E-state index contributed by atoms with van der Waals surface area (Å²) in [5.74, 6) is -1.43. The monoisotopic (exact) mass is 411 g/mol. The lowest BCUT2D eigenvalue weighted by atomic mass is 9.99. The first kappa shape index (κ1) is 19.1. The molecule has 0 aliphatic carbocycles. The lowest BCUT2D eigenvalue weighted by molar-refractivity contribution is -0.139. The Balaban J connectivity index is 1.72. The van der Waals surface area contributed by atoms with Crippen molar-refractivity contribution in [1.29, 1.82) is 0 Å². The fourth-order valence-electron chi connectivity index (χ4n) is 3.73. The number of hydrogen-bond acceptors (Lipinski definition) is 6. The van der Waals surface area contributed by atoms with Crippen LogP contribution in [0.2, 0.25) is 0 Å². The van der Waals surface area contributed by atoms with Crippen molar-refractivity contribution in [2.24, 2.45) is 0 Å². The Labute approximate surface area is 171 Å². The first-order valence-corrected chi connectivity index (χ1v) is 10.2. The largest absolute Gasteiger partial charge is 0.507 e. The van der Waals surface area contributed by atoms with Crippen molar-refractivity contribution in [2.45, 2.75) is 32.9 Å². The van der Waals surface area contributed by atoms with Gasteiger partial charge >= 0.3 is 0 Å². The van der Waals surface area contributed by atoms with Crippen molar-refractivity contribution in [3.8, 4) is 0 Å². The molecule has 1 aliphatic rings. The van der Waals surface area contributed by atoms with Crippen LogP contribution >= 0.6 is 11.3 Å². The lowest BCUT2D eigenvalue weighted by Gasteiger charge is -2.24. The molecule has 0 radical (unpaired) electrons.